The summed E-state index contributed by atoms with van der Waals surface area (Å²) in [6, 6.07) is 5.31. The number of carbonyl (C=O) groups is 1. The van der Waals surface area contributed by atoms with E-state index in [1.807, 2.05) is 23.1 Å². The Kier molecular flexibility index (Phi) is 8.67. The van der Waals surface area contributed by atoms with Crippen LogP contribution in [0.4, 0.5) is 0 Å². The molecule has 0 aromatic heterocycles. The number of amides is 1. The average molecular weight is 417 g/mol. The standard InChI is InChI=1S/C20H29ClN2O3.ClH/c1-25-18-5-4-17(21)12-16(18)11-14-3-2-8-23(13-14)20(24)19(22)15-6-9-26-10-7-15;/h4-5,12,14-15,19H,2-3,6-11,13,22H2,1H3;1H. The Bertz CT molecular complexity index is 623. The molecular formula is C20H30Cl2N2O3. The van der Waals surface area contributed by atoms with Crippen LogP contribution >= 0.6 is 24.0 Å². The lowest BCUT2D eigenvalue weighted by Gasteiger charge is -2.36. The molecular weight excluding hydrogens is 387 g/mol. The molecule has 7 heteroatoms. The highest BCUT2D eigenvalue weighted by atomic mass is 35.5. The number of likely N-dealkylation sites (tertiary alicyclic amines) is 1. The number of halogens is 2. The minimum Gasteiger partial charge on any atom is -0.496 e. The van der Waals surface area contributed by atoms with E-state index in [0.29, 0.717) is 24.2 Å². The second kappa shape index (κ2) is 10.5. The first kappa shape index (κ1) is 22.3. The number of methoxy groups -OCH3 is 1. The van der Waals surface area contributed by atoms with E-state index in [1.165, 1.54) is 0 Å². The normalized spacial score (nSPS) is 22.0. The van der Waals surface area contributed by atoms with E-state index in [0.717, 1.165) is 56.5 Å². The zero-order valence-electron chi connectivity index (χ0n) is 15.9. The van der Waals surface area contributed by atoms with Crippen LogP contribution in [0.3, 0.4) is 0 Å². The zero-order chi connectivity index (χ0) is 18.5. The Labute approximate surface area is 172 Å². The van der Waals surface area contributed by atoms with Gasteiger partial charge in [-0.15, -0.1) is 12.4 Å². The van der Waals surface area contributed by atoms with Crippen LogP contribution in [0.1, 0.15) is 31.2 Å². The van der Waals surface area contributed by atoms with Crippen molar-refractivity contribution in [3.05, 3.63) is 28.8 Å². The predicted octanol–water partition coefficient (Wildman–Crippen LogP) is 3.31. The molecule has 3 rings (SSSR count). The van der Waals surface area contributed by atoms with E-state index in [2.05, 4.69) is 0 Å². The van der Waals surface area contributed by atoms with Crippen LogP contribution in [0.25, 0.3) is 0 Å². The zero-order valence-corrected chi connectivity index (χ0v) is 17.4. The summed E-state index contributed by atoms with van der Waals surface area (Å²) in [5.74, 6) is 1.60. The first-order valence-corrected chi connectivity index (χ1v) is 9.91. The number of benzene rings is 1. The van der Waals surface area contributed by atoms with Crippen LogP contribution in [-0.2, 0) is 16.0 Å². The molecule has 0 saturated carbocycles. The number of piperidine rings is 1. The van der Waals surface area contributed by atoms with Gasteiger partial charge in [0.05, 0.1) is 13.2 Å². The minimum atomic E-state index is -0.404. The molecule has 2 N–H and O–H groups in total. The molecule has 2 atom stereocenters. The van der Waals surface area contributed by atoms with Crippen LogP contribution in [-0.4, -0.2) is 50.3 Å². The van der Waals surface area contributed by atoms with Crippen molar-refractivity contribution in [3.8, 4) is 5.75 Å². The lowest BCUT2D eigenvalue weighted by atomic mass is 9.88. The summed E-state index contributed by atoms with van der Waals surface area (Å²) in [4.78, 5) is 14.9. The SMILES string of the molecule is COc1ccc(Cl)cc1CC1CCCN(C(=O)C(N)C2CCOCC2)C1.Cl. The van der Waals surface area contributed by atoms with Gasteiger partial charge in [-0.1, -0.05) is 11.6 Å². The Balaban J connectivity index is 0.00000261. The third kappa shape index (κ3) is 5.74. The van der Waals surface area contributed by atoms with Gasteiger partial charge in [-0.25, -0.2) is 0 Å². The lowest BCUT2D eigenvalue weighted by molar-refractivity contribution is -0.136. The third-order valence-electron chi connectivity index (χ3n) is 5.64. The Morgan fingerprint density at radius 2 is 2.11 bits per heavy atom. The van der Waals surface area contributed by atoms with Gasteiger partial charge in [0.15, 0.2) is 0 Å². The summed E-state index contributed by atoms with van der Waals surface area (Å²) < 4.78 is 10.8. The molecule has 2 aliphatic rings. The quantitative estimate of drug-likeness (QED) is 0.799. The van der Waals surface area contributed by atoms with Gasteiger partial charge in [0.25, 0.3) is 0 Å². The van der Waals surface area contributed by atoms with Gasteiger partial charge in [0.1, 0.15) is 5.75 Å². The Morgan fingerprint density at radius 3 is 2.81 bits per heavy atom. The van der Waals surface area contributed by atoms with E-state index in [1.54, 1.807) is 7.11 Å². The van der Waals surface area contributed by atoms with Gasteiger partial charge in [0.2, 0.25) is 5.91 Å². The van der Waals surface area contributed by atoms with Crippen molar-refractivity contribution in [2.24, 2.45) is 17.6 Å². The summed E-state index contributed by atoms with van der Waals surface area (Å²) in [5.41, 5.74) is 7.41. The van der Waals surface area contributed by atoms with Crippen molar-refractivity contribution in [3.63, 3.8) is 0 Å². The molecule has 0 radical (unpaired) electrons. The number of hydrogen-bond acceptors (Lipinski definition) is 4. The van der Waals surface area contributed by atoms with Gasteiger partial charge < -0.3 is 20.1 Å². The van der Waals surface area contributed by atoms with E-state index < -0.39 is 6.04 Å². The largest absolute Gasteiger partial charge is 0.496 e. The molecule has 1 amide bonds. The molecule has 2 aliphatic heterocycles. The Hall–Kier alpha value is -1.01. The molecule has 152 valence electrons. The summed E-state index contributed by atoms with van der Waals surface area (Å²) in [5, 5.41) is 0.714. The van der Waals surface area contributed by atoms with Crippen molar-refractivity contribution < 1.29 is 14.3 Å². The number of ether oxygens (including phenoxy) is 2. The van der Waals surface area contributed by atoms with Crippen molar-refractivity contribution in [2.75, 3.05) is 33.4 Å². The second-order valence-corrected chi connectivity index (χ2v) is 7.86. The molecule has 2 fully saturated rings. The molecule has 0 bridgehead atoms. The Morgan fingerprint density at radius 1 is 1.37 bits per heavy atom. The number of nitrogens with two attached hydrogens (primary N) is 1. The van der Waals surface area contributed by atoms with Gasteiger partial charge in [-0.2, -0.15) is 0 Å². The number of hydrogen-bond donors (Lipinski definition) is 1. The summed E-state index contributed by atoms with van der Waals surface area (Å²) >= 11 is 6.15. The molecule has 0 spiro atoms. The summed E-state index contributed by atoms with van der Waals surface area (Å²) in [6.07, 6.45) is 4.74. The summed E-state index contributed by atoms with van der Waals surface area (Å²) in [7, 11) is 1.68. The maximum absolute atomic E-state index is 12.9. The van der Waals surface area contributed by atoms with Gasteiger partial charge in [-0.05, 0) is 67.7 Å². The highest BCUT2D eigenvalue weighted by molar-refractivity contribution is 6.30. The molecule has 2 heterocycles. The first-order valence-electron chi connectivity index (χ1n) is 9.53. The van der Waals surface area contributed by atoms with E-state index in [-0.39, 0.29) is 24.2 Å². The fraction of sp³-hybridized carbons (Fsp3) is 0.650. The fourth-order valence-corrected chi connectivity index (χ4v) is 4.33. The minimum absolute atomic E-state index is 0. The maximum atomic E-state index is 12.9. The smallest absolute Gasteiger partial charge is 0.239 e. The lowest BCUT2D eigenvalue weighted by Crippen LogP contribution is -2.51. The second-order valence-electron chi connectivity index (χ2n) is 7.43. The van der Waals surface area contributed by atoms with Crippen LogP contribution < -0.4 is 10.5 Å². The molecule has 1 aromatic rings. The van der Waals surface area contributed by atoms with Crippen molar-refractivity contribution in [1.82, 2.24) is 4.90 Å². The van der Waals surface area contributed by atoms with Crippen LogP contribution in [0.5, 0.6) is 5.75 Å². The van der Waals surface area contributed by atoms with E-state index >= 15 is 0 Å². The summed E-state index contributed by atoms with van der Waals surface area (Å²) in [6.45, 7) is 2.98. The van der Waals surface area contributed by atoms with Gasteiger partial charge >= 0.3 is 0 Å². The average Bonchev–Trinajstić information content (AvgIpc) is 2.68. The van der Waals surface area contributed by atoms with Crippen LogP contribution in [0.2, 0.25) is 5.02 Å². The first-order chi connectivity index (χ1) is 12.6. The molecule has 27 heavy (non-hydrogen) atoms. The highest BCUT2D eigenvalue weighted by Crippen LogP contribution is 2.29. The van der Waals surface area contributed by atoms with Crippen LogP contribution in [0, 0.1) is 11.8 Å². The fourth-order valence-electron chi connectivity index (χ4n) is 4.14. The number of carbonyl (C=O) groups excluding carboxylic acids is 1. The maximum Gasteiger partial charge on any atom is 0.239 e. The molecule has 5 nitrogen and oxygen atoms in total. The molecule has 2 unspecified atom stereocenters. The monoisotopic (exact) mass is 416 g/mol. The van der Waals surface area contributed by atoms with Gasteiger partial charge in [0, 0.05) is 31.3 Å². The highest BCUT2D eigenvalue weighted by Gasteiger charge is 2.32. The van der Waals surface area contributed by atoms with Gasteiger partial charge in [-0.3, -0.25) is 4.79 Å². The number of nitrogens with zero attached hydrogens (tertiary/aromatic N) is 1. The van der Waals surface area contributed by atoms with E-state index in [4.69, 9.17) is 26.8 Å². The molecule has 1 aromatic carbocycles. The van der Waals surface area contributed by atoms with Crippen molar-refractivity contribution in [2.45, 2.75) is 38.1 Å². The number of rotatable bonds is 5. The van der Waals surface area contributed by atoms with Crippen LogP contribution in [0.15, 0.2) is 18.2 Å². The predicted molar refractivity (Wildman–Crippen MR) is 110 cm³/mol. The van der Waals surface area contributed by atoms with Crippen molar-refractivity contribution in [1.29, 1.82) is 0 Å². The topological polar surface area (TPSA) is 64.8 Å². The van der Waals surface area contributed by atoms with E-state index in [9.17, 15) is 4.79 Å². The third-order valence-corrected chi connectivity index (χ3v) is 5.88. The molecule has 0 aliphatic carbocycles. The van der Waals surface area contributed by atoms with Crippen molar-refractivity contribution >= 4 is 29.9 Å². The molecule has 2 saturated heterocycles.